The van der Waals surface area contributed by atoms with Gasteiger partial charge in [-0.05, 0) is 65.3 Å². The largest absolute Gasteiger partial charge is 0.416 e. The highest BCUT2D eigenvalue weighted by atomic mass is 19.4. The number of unbranched alkanes of at least 4 members (excludes halogenated alkanes) is 6. The second kappa shape index (κ2) is 11.2. The molecule has 5 heteroatoms. The van der Waals surface area contributed by atoms with Crippen molar-refractivity contribution >= 4 is 0 Å². The lowest BCUT2D eigenvalue weighted by atomic mass is 9.94. The van der Waals surface area contributed by atoms with Crippen LogP contribution in [0.2, 0.25) is 0 Å². The molecule has 1 N–H and O–H groups in total. The fourth-order valence-corrected chi connectivity index (χ4v) is 4.18. The zero-order valence-corrected chi connectivity index (χ0v) is 18.1. The van der Waals surface area contributed by atoms with Crippen molar-refractivity contribution in [2.24, 2.45) is 0 Å². The molecule has 0 spiro atoms. The minimum atomic E-state index is -4.29. The molecule has 1 aromatic heterocycles. The molecule has 0 atom stereocenters. The maximum absolute atomic E-state index is 13.4. The van der Waals surface area contributed by atoms with Crippen molar-refractivity contribution in [2.45, 2.75) is 70.9 Å². The number of hydrogen-bond acceptors (Lipinski definition) is 1. The van der Waals surface area contributed by atoms with Gasteiger partial charge in [0, 0.05) is 12.4 Å². The molecule has 2 aromatic carbocycles. The van der Waals surface area contributed by atoms with Crippen LogP contribution in [0.15, 0.2) is 54.9 Å². The number of alkyl halides is 3. The Balaban J connectivity index is 0.000000478. The Morgan fingerprint density at radius 2 is 1.65 bits per heavy atom. The fourth-order valence-electron chi connectivity index (χ4n) is 4.18. The molecule has 0 saturated heterocycles. The van der Waals surface area contributed by atoms with Crippen molar-refractivity contribution in [3.05, 3.63) is 77.1 Å². The number of nitrogens with one attached hydrogen (secondary N) is 1. The summed E-state index contributed by atoms with van der Waals surface area (Å²) >= 11 is 0. The van der Waals surface area contributed by atoms with Gasteiger partial charge in [-0.3, -0.25) is 5.10 Å². The molecular formula is C26H31F3N2. The molecule has 0 bridgehead atoms. The summed E-state index contributed by atoms with van der Waals surface area (Å²) in [5.41, 5.74) is 4.38. The van der Waals surface area contributed by atoms with E-state index in [2.05, 4.69) is 17.1 Å². The summed E-state index contributed by atoms with van der Waals surface area (Å²) in [4.78, 5) is 0. The number of aryl methyl sites for hydroxylation is 1. The normalized spacial score (nSPS) is 12.1. The predicted molar refractivity (Wildman–Crippen MR) is 120 cm³/mol. The fraction of sp³-hybridized carbons (Fsp3) is 0.423. The monoisotopic (exact) mass is 428 g/mol. The Morgan fingerprint density at radius 3 is 2.29 bits per heavy atom. The van der Waals surface area contributed by atoms with Crippen LogP contribution >= 0.6 is 0 Å². The third-order valence-electron chi connectivity index (χ3n) is 5.80. The molecule has 4 rings (SSSR count). The van der Waals surface area contributed by atoms with Gasteiger partial charge >= 0.3 is 6.18 Å². The van der Waals surface area contributed by atoms with Crippen molar-refractivity contribution in [3.8, 4) is 11.1 Å². The lowest BCUT2D eigenvalue weighted by Crippen LogP contribution is -2.07. The van der Waals surface area contributed by atoms with Crippen LogP contribution in [0.1, 0.15) is 74.1 Å². The number of H-pyrrole nitrogens is 1. The first-order valence-corrected chi connectivity index (χ1v) is 11.3. The number of rotatable bonds is 8. The van der Waals surface area contributed by atoms with E-state index in [1.807, 2.05) is 30.3 Å². The van der Waals surface area contributed by atoms with Crippen LogP contribution in [0.25, 0.3) is 11.1 Å². The molecule has 2 nitrogen and oxygen atoms in total. The quantitative estimate of drug-likeness (QED) is 0.283. The van der Waals surface area contributed by atoms with Gasteiger partial charge in [0.15, 0.2) is 0 Å². The third kappa shape index (κ3) is 6.46. The van der Waals surface area contributed by atoms with Crippen molar-refractivity contribution in [2.75, 3.05) is 0 Å². The van der Waals surface area contributed by atoms with E-state index in [1.54, 1.807) is 12.4 Å². The molecule has 1 heterocycles. The number of nitrogens with zero attached hydrogens (tertiary/aromatic N) is 1. The standard InChI is InChI=1S/C23H27F3.C3H4N2/c1-2-3-4-5-6-7-8-11-17-14-19(23(24,25)26)16-22-20-13-10-9-12-18(20)15-21(17)22;1-2-4-5-3-1/h9-10,12-14,16H,2-8,11,15H2,1H3;1-3H,(H,4,5). The van der Waals surface area contributed by atoms with Gasteiger partial charge in [0.1, 0.15) is 0 Å². The van der Waals surface area contributed by atoms with E-state index in [9.17, 15) is 13.2 Å². The average molecular weight is 429 g/mol. The summed E-state index contributed by atoms with van der Waals surface area (Å²) in [7, 11) is 0. The minimum Gasteiger partial charge on any atom is -0.286 e. The SMILES string of the molecule is CCCCCCCCCc1cc(C(F)(F)F)cc2c1Cc1ccccc1-2.c1cn[nH]c1. The first kappa shape index (κ1) is 23.1. The van der Waals surface area contributed by atoms with Crippen molar-refractivity contribution in [3.63, 3.8) is 0 Å². The molecule has 0 amide bonds. The summed E-state index contributed by atoms with van der Waals surface area (Å²) in [5.74, 6) is 0. The number of aromatic amines is 1. The Hall–Kier alpha value is -2.56. The van der Waals surface area contributed by atoms with Crippen LogP contribution in [-0.4, -0.2) is 10.2 Å². The Bertz CT molecular complexity index is 913. The maximum atomic E-state index is 13.4. The van der Waals surface area contributed by atoms with Gasteiger partial charge in [-0.25, -0.2) is 0 Å². The smallest absolute Gasteiger partial charge is 0.286 e. The van der Waals surface area contributed by atoms with Gasteiger partial charge in [-0.1, -0.05) is 69.7 Å². The molecule has 0 aliphatic heterocycles. The van der Waals surface area contributed by atoms with Crippen molar-refractivity contribution in [1.82, 2.24) is 10.2 Å². The minimum absolute atomic E-state index is 0.508. The Morgan fingerprint density at radius 1 is 0.903 bits per heavy atom. The van der Waals surface area contributed by atoms with Gasteiger partial charge < -0.3 is 0 Å². The van der Waals surface area contributed by atoms with Gasteiger partial charge in [0.2, 0.25) is 0 Å². The van der Waals surface area contributed by atoms with Crippen LogP contribution < -0.4 is 0 Å². The molecule has 0 fully saturated rings. The first-order chi connectivity index (χ1) is 15.0. The zero-order valence-electron chi connectivity index (χ0n) is 18.1. The molecular weight excluding hydrogens is 397 g/mol. The topological polar surface area (TPSA) is 28.7 Å². The molecule has 1 aliphatic rings. The zero-order chi connectivity index (χ0) is 22.1. The number of hydrogen-bond donors (Lipinski definition) is 1. The molecule has 0 radical (unpaired) electrons. The molecule has 1 aliphatic carbocycles. The molecule has 3 aromatic rings. The van der Waals surface area contributed by atoms with E-state index < -0.39 is 11.7 Å². The van der Waals surface area contributed by atoms with Gasteiger partial charge in [0.25, 0.3) is 0 Å². The second-order valence-corrected chi connectivity index (χ2v) is 8.13. The van der Waals surface area contributed by atoms with Crippen LogP contribution in [0.3, 0.4) is 0 Å². The highest BCUT2D eigenvalue weighted by Gasteiger charge is 2.33. The van der Waals surface area contributed by atoms with E-state index in [0.29, 0.717) is 0 Å². The number of benzene rings is 2. The van der Waals surface area contributed by atoms with Crippen LogP contribution in [-0.2, 0) is 19.0 Å². The highest BCUT2D eigenvalue weighted by molar-refractivity contribution is 5.78. The van der Waals surface area contributed by atoms with Gasteiger partial charge in [0.05, 0.1) is 5.56 Å². The summed E-state index contributed by atoms with van der Waals surface area (Å²) in [6.07, 6.45) is 8.94. The van der Waals surface area contributed by atoms with E-state index in [-0.39, 0.29) is 0 Å². The summed E-state index contributed by atoms with van der Waals surface area (Å²) in [6, 6.07) is 12.4. The van der Waals surface area contributed by atoms with Crippen molar-refractivity contribution < 1.29 is 13.2 Å². The summed E-state index contributed by atoms with van der Waals surface area (Å²) in [6.45, 7) is 2.20. The van der Waals surface area contributed by atoms with Crippen LogP contribution in [0.5, 0.6) is 0 Å². The summed E-state index contributed by atoms with van der Waals surface area (Å²) < 4.78 is 40.1. The van der Waals surface area contributed by atoms with Gasteiger partial charge in [-0.15, -0.1) is 0 Å². The lowest BCUT2D eigenvalue weighted by molar-refractivity contribution is -0.137. The highest BCUT2D eigenvalue weighted by Crippen LogP contribution is 2.42. The number of fused-ring (bicyclic) bond motifs is 3. The average Bonchev–Trinajstić information content (AvgIpc) is 3.44. The lowest BCUT2D eigenvalue weighted by Gasteiger charge is -2.14. The molecule has 31 heavy (non-hydrogen) atoms. The molecule has 0 unspecified atom stereocenters. The van der Waals surface area contributed by atoms with E-state index in [0.717, 1.165) is 53.5 Å². The van der Waals surface area contributed by atoms with Gasteiger partial charge in [-0.2, -0.15) is 18.3 Å². The number of halogens is 3. The Labute approximate surface area is 182 Å². The van der Waals surface area contributed by atoms with Crippen molar-refractivity contribution in [1.29, 1.82) is 0 Å². The summed E-state index contributed by atoms with van der Waals surface area (Å²) in [5, 5.41) is 6.21. The van der Waals surface area contributed by atoms with Crippen LogP contribution in [0, 0.1) is 0 Å². The number of aromatic nitrogens is 2. The molecule has 0 saturated carbocycles. The van der Waals surface area contributed by atoms with E-state index in [1.165, 1.54) is 44.2 Å². The van der Waals surface area contributed by atoms with E-state index in [4.69, 9.17) is 0 Å². The van der Waals surface area contributed by atoms with Crippen LogP contribution in [0.4, 0.5) is 13.2 Å². The second-order valence-electron chi connectivity index (χ2n) is 8.13. The predicted octanol–water partition coefficient (Wildman–Crippen LogP) is 7.98. The maximum Gasteiger partial charge on any atom is 0.416 e. The first-order valence-electron chi connectivity index (χ1n) is 11.3. The van der Waals surface area contributed by atoms with E-state index >= 15 is 0 Å². The third-order valence-corrected chi connectivity index (χ3v) is 5.80. The Kier molecular flexibility index (Phi) is 8.33. The molecule has 166 valence electrons.